The highest BCUT2D eigenvalue weighted by Crippen LogP contribution is 2.25. The molecule has 28 heavy (non-hydrogen) atoms. The summed E-state index contributed by atoms with van der Waals surface area (Å²) in [4.78, 5) is 13.7. The van der Waals surface area contributed by atoms with Crippen molar-refractivity contribution in [2.45, 2.75) is 23.5 Å². The lowest BCUT2D eigenvalue weighted by Gasteiger charge is -2.31. The molecular weight excluding hydrogens is 416 g/mol. The summed E-state index contributed by atoms with van der Waals surface area (Å²) in [5.41, 5.74) is 1.38. The van der Waals surface area contributed by atoms with E-state index < -0.39 is 10.0 Å². The Morgan fingerprint density at radius 3 is 2.79 bits per heavy atom. The van der Waals surface area contributed by atoms with Crippen molar-refractivity contribution >= 4 is 45.0 Å². The predicted molar refractivity (Wildman–Crippen MR) is 115 cm³/mol. The number of hydrogen-bond acceptors (Lipinski definition) is 4. The lowest BCUT2D eigenvalue weighted by atomic mass is 9.99. The number of anilines is 1. The Labute approximate surface area is 175 Å². The van der Waals surface area contributed by atoms with Crippen molar-refractivity contribution in [3.05, 3.63) is 59.1 Å². The normalized spacial score (nSPS) is 18.0. The highest BCUT2D eigenvalue weighted by molar-refractivity contribution is 7.98. The fraction of sp³-hybridized carbons (Fsp3) is 0.350. The molecule has 0 saturated carbocycles. The lowest BCUT2D eigenvalue weighted by molar-refractivity contribution is -0.120. The topological polar surface area (TPSA) is 66.5 Å². The molecule has 3 rings (SSSR count). The zero-order valence-corrected chi connectivity index (χ0v) is 18.0. The third-order valence-corrected chi connectivity index (χ3v) is 7.50. The number of thioether (sulfide) groups is 1. The number of amides is 1. The molecule has 1 N–H and O–H groups in total. The van der Waals surface area contributed by atoms with E-state index in [9.17, 15) is 13.2 Å². The van der Waals surface area contributed by atoms with E-state index >= 15 is 0 Å². The molecule has 2 aromatic carbocycles. The SMILES string of the molecule is CSc1cccc(NC(=O)C2CCCN(S(=O)(=O)Cc3cccc(Cl)c3)C2)c1. The Bertz CT molecular complexity index is 950. The first kappa shape index (κ1) is 21.2. The number of rotatable bonds is 6. The van der Waals surface area contributed by atoms with Gasteiger partial charge in [-0.2, -0.15) is 0 Å². The van der Waals surface area contributed by atoms with E-state index in [0.29, 0.717) is 30.0 Å². The van der Waals surface area contributed by atoms with Crippen LogP contribution in [0, 0.1) is 5.92 Å². The van der Waals surface area contributed by atoms with Gasteiger partial charge < -0.3 is 5.32 Å². The van der Waals surface area contributed by atoms with Gasteiger partial charge in [-0.15, -0.1) is 11.8 Å². The third-order valence-electron chi connectivity index (χ3n) is 4.72. The first-order valence-corrected chi connectivity index (χ1v) is 12.3. The van der Waals surface area contributed by atoms with Crippen LogP contribution in [0.3, 0.4) is 0 Å². The van der Waals surface area contributed by atoms with Crippen molar-refractivity contribution in [1.82, 2.24) is 4.31 Å². The molecule has 1 aliphatic heterocycles. The molecule has 1 heterocycles. The molecule has 5 nitrogen and oxygen atoms in total. The van der Waals surface area contributed by atoms with E-state index in [1.807, 2.05) is 30.5 Å². The fourth-order valence-electron chi connectivity index (χ4n) is 3.28. The van der Waals surface area contributed by atoms with Crippen molar-refractivity contribution in [2.24, 2.45) is 5.92 Å². The number of halogens is 1. The summed E-state index contributed by atoms with van der Waals surface area (Å²) < 4.78 is 27.1. The second-order valence-electron chi connectivity index (χ2n) is 6.80. The monoisotopic (exact) mass is 438 g/mol. The highest BCUT2D eigenvalue weighted by Gasteiger charge is 2.32. The fourth-order valence-corrected chi connectivity index (χ4v) is 5.55. The number of piperidine rings is 1. The number of carbonyl (C=O) groups excluding carboxylic acids is 1. The number of sulfonamides is 1. The quantitative estimate of drug-likeness (QED) is 0.685. The molecule has 1 fully saturated rings. The van der Waals surface area contributed by atoms with Crippen LogP contribution in [0.2, 0.25) is 5.02 Å². The average molecular weight is 439 g/mol. The standard InChI is InChI=1S/C20H23ClN2O3S2/c1-27-19-9-3-8-18(12-19)22-20(24)16-6-4-10-23(13-16)28(25,26)14-15-5-2-7-17(21)11-15/h2-3,5,7-9,11-12,16H,4,6,10,13-14H2,1H3,(H,22,24). The van der Waals surface area contributed by atoms with Gasteiger partial charge in [0.25, 0.3) is 0 Å². The van der Waals surface area contributed by atoms with Crippen molar-refractivity contribution < 1.29 is 13.2 Å². The molecular formula is C20H23ClN2O3S2. The Kier molecular flexibility index (Phi) is 7.04. The van der Waals surface area contributed by atoms with Crippen LogP contribution in [0.15, 0.2) is 53.4 Å². The maximum atomic E-state index is 12.8. The van der Waals surface area contributed by atoms with Gasteiger partial charge in [0.2, 0.25) is 15.9 Å². The smallest absolute Gasteiger partial charge is 0.228 e. The minimum Gasteiger partial charge on any atom is -0.326 e. The van der Waals surface area contributed by atoms with Crippen LogP contribution < -0.4 is 5.32 Å². The van der Waals surface area contributed by atoms with Crippen LogP contribution in [0.1, 0.15) is 18.4 Å². The first-order valence-electron chi connectivity index (χ1n) is 9.04. The van der Waals surface area contributed by atoms with Crippen molar-refractivity contribution in [3.63, 3.8) is 0 Å². The van der Waals surface area contributed by atoms with E-state index in [0.717, 1.165) is 10.6 Å². The minimum atomic E-state index is -3.51. The molecule has 1 unspecified atom stereocenters. The second kappa shape index (κ2) is 9.31. The van der Waals surface area contributed by atoms with Crippen molar-refractivity contribution in [2.75, 3.05) is 24.7 Å². The first-order chi connectivity index (χ1) is 13.4. The van der Waals surface area contributed by atoms with Gasteiger partial charge in [0.1, 0.15) is 0 Å². The van der Waals surface area contributed by atoms with Crippen LogP contribution in [-0.4, -0.2) is 38.0 Å². The molecule has 0 aliphatic carbocycles. The maximum Gasteiger partial charge on any atom is 0.228 e. The Morgan fingerprint density at radius 1 is 1.25 bits per heavy atom. The van der Waals surface area contributed by atoms with E-state index in [1.54, 1.807) is 36.0 Å². The summed E-state index contributed by atoms with van der Waals surface area (Å²) in [7, 11) is -3.51. The number of nitrogens with zero attached hydrogens (tertiary/aromatic N) is 1. The highest BCUT2D eigenvalue weighted by atomic mass is 35.5. The molecule has 0 radical (unpaired) electrons. The van der Waals surface area contributed by atoms with Gasteiger partial charge in [-0.1, -0.05) is 29.8 Å². The molecule has 1 saturated heterocycles. The molecule has 0 spiro atoms. The van der Waals surface area contributed by atoms with Gasteiger partial charge in [-0.05, 0) is 55.0 Å². The van der Waals surface area contributed by atoms with E-state index in [2.05, 4.69) is 5.32 Å². The zero-order chi connectivity index (χ0) is 20.1. The maximum absolute atomic E-state index is 12.8. The molecule has 8 heteroatoms. The minimum absolute atomic E-state index is 0.113. The molecule has 2 aromatic rings. The van der Waals surface area contributed by atoms with Gasteiger partial charge >= 0.3 is 0 Å². The van der Waals surface area contributed by atoms with E-state index in [-0.39, 0.29) is 24.1 Å². The summed E-state index contributed by atoms with van der Waals surface area (Å²) in [6, 6.07) is 14.5. The van der Waals surface area contributed by atoms with E-state index in [1.165, 1.54) is 4.31 Å². The van der Waals surface area contributed by atoms with Crippen molar-refractivity contribution in [1.29, 1.82) is 0 Å². The summed E-state index contributed by atoms with van der Waals surface area (Å²) in [5.74, 6) is -0.612. The van der Waals surface area contributed by atoms with Crippen LogP contribution in [0.5, 0.6) is 0 Å². The molecule has 1 amide bonds. The van der Waals surface area contributed by atoms with Gasteiger partial charge in [-0.25, -0.2) is 12.7 Å². The van der Waals surface area contributed by atoms with E-state index in [4.69, 9.17) is 11.6 Å². The molecule has 0 aromatic heterocycles. The number of benzene rings is 2. The summed E-state index contributed by atoms with van der Waals surface area (Å²) in [6.07, 6.45) is 3.32. The Morgan fingerprint density at radius 2 is 2.04 bits per heavy atom. The average Bonchev–Trinajstić information content (AvgIpc) is 2.68. The summed E-state index contributed by atoms with van der Waals surface area (Å²) in [6.45, 7) is 0.644. The van der Waals surface area contributed by atoms with Gasteiger partial charge in [0, 0.05) is 28.7 Å². The number of nitrogens with one attached hydrogen (secondary N) is 1. The van der Waals surface area contributed by atoms with Crippen LogP contribution in [-0.2, 0) is 20.6 Å². The third kappa shape index (κ3) is 5.50. The molecule has 1 aliphatic rings. The lowest BCUT2D eigenvalue weighted by Crippen LogP contribution is -2.44. The van der Waals surface area contributed by atoms with Crippen LogP contribution in [0.25, 0.3) is 0 Å². The Hall–Kier alpha value is -1.54. The molecule has 0 bridgehead atoms. The van der Waals surface area contributed by atoms with Crippen LogP contribution in [0.4, 0.5) is 5.69 Å². The van der Waals surface area contributed by atoms with Crippen molar-refractivity contribution in [3.8, 4) is 0 Å². The summed E-state index contributed by atoms with van der Waals surface area (Å²) >= 11 is 7.56. The number of hydrogen-bond donors (Lipinski definition) is 1. The largest absolute Gasteiger partial charge is 0.326 e. The summed E-state index contributed by atoms with van der Waals surface area (Å²) in [5, 5.41) is 3.43. The predicted octanol–water partition coefficient (Wildman–Crippen LogP) is 4.24. The molecule has 1 atom stereocenters. The Balaban J connectivity index is 1.66. The number of carbonyl (C=O) groups is 1. The van der Waals surface area contributed by atoms with Gasteiger partial charge in [0.15, 0.2) is 0 Å². The van der Waals surface area contributed by atoms with Gasteiger partial charge in [0.05, 0.1) is 11.7 Å². The zero-order valence-electron chi connectivity index (χ0n) is 15.6. The second-order valence-corrected chi connectivity index (χ2v) is 10.1. The van der Waals surface area contributed by atoms with Crippen LogP contribution >= 0.6 is 23.4 Å². The van der Waals surface area contributed by atoms with Gasteiger partial charge in [-0.3, -0.25) is 4.79 Å². The molecule has 150 valence electrons.